The second-order valence-corrected chi connectivity index (χ2v) is 11.6. The lowest BCUT2D eigenvalue weighted by atomic mass is 10.00. The second-order valence-electron chi connectivity index (χ2n) is 11.2. The minimum absolute atomic E-state index is 0.0551. The van der Waals surface area contributed by atoms with Crippen LogP contribution in [-0.2, 0) is 6.54 Å². The number of nitrogens with zero attached hydrogens (tertiary/aromatic N) is 3. The maximum Gasteiger partial charge on any atom is 0.407 e. The zero-order chi connectivity index (χ0) is 30.4. The summed E-state index contributed by atoms with van der Waals surface area (Å²) < 4.78 is 5.75. The van der Waals surface area contributed by atoms with Crippen LogP contribution < -0.4 is 9.64 Å². The molecule has 222 valence electrons. The summed E-state index contributed by atoms with van der Waals surface area (Å²) in [6, 6.07) is 29.5. The number of para-hydroxylation sites is 1. The maximum atomic E-state index is 14.2. The van der Waals surface area contributed by atoms with Gasteiger partial charge < -0.3 is 29.5 Å². The number of methoxy groups -OCH3 is 1. The Morgan fingerprint density at radius 3 is 2.39 bits per heavy atom. The molecule has 7 rings (SSSR count). The second kappa shape index (κ2) is 11.3. The fourth-order valence-electron chi connectivity index (χ4n) is 6.40. The van der Waals surface area contributed by atoms with Crippen LogP contribution in [0.25, 0.3) is 22.0 Å². The number of hydrogen-bond donors (Lipinski definition) is 2. The van der Waals surface area contributed by atoms with Gasteiger partial charge in [-0.15, -0.1) is 0 Å². The van der Waals surface area contributed by atoms with E-state index in [1.54, 1.807) is 13.2 Å². The highest BCUT2D eigenvalue weighted by atomic mass is 35.5. The molecule has 0 spiro atoms. The number of nitrogens with one attached hydrogen (secondary N) is 1. The third kappa shape index (κ3) is 5.01. The number of aromatic nitrogens is 1. The van der Waals surface area contributed by atoms with Gasteiger partial charge in [-0.1, -0.05) is 54.1 Å². The van der Waals surface area contributed by atoms with Gasteiger partial charge in [-0.2, -0.15) is 0 Å². The number of ether oxygens (including phenoxy) is 1. The molecule has 8 nitrogen and oxygen atoms in total. The minimum Gasteiger partial charge on any atom is -0.496 e. The first-order valence-corrected chi connectivity index (χ1v) is 15.0. The molecule has 3 heterocycles. The quantitative estimate of drug-likeness (QED) is 0.216. The molecule has 9 heteroatoms. The van der Waals surface area contributed by atoms with Gasteiger partial charge in [-0.05, 0) is 70.6 Å². The molecule has 1 fully saturated rings. The number of rotatable bonds is 6. The Bertz CT molecular complexity index is 1850. The van der Waals surface area contributed by atoms with Crippen LogP contribution in [0, 0.1) is 0 Å². The predicted molar refractivity (Wildman–Crippen MR) is 172 cm³/mol. The van der Waals surface area contributed by atoms with Gasteiger partial charge in [0.25, 0.3) is 5.91 Å². The molecule has 0 aliphatic carbocycles. The van der Waals surface area contributed by atoms with Crippen LogP contribution in [0.1, 0.15) is 33.2 Å². The molecular formula is C35H31ClN4O4. The summed E-state index contributed by atoms with van der Waals surface area (Å²) in [4.78, 5) is 34.5. The van der Waals surface area contributed by atoms with Crippen molar-refractivity contribution in [2.24, 2.45) is 0 Å². The van der Waals surface area contributed by atoms with Gasteiger partial charge in [0, 0.05) is 65.8 Å². The molecule has 5 aromatic rings. The van der Waals surface area contributed by atoms with Crippen molar-refractivity contribution < 1.29 is 19.4 Å². The van der Waals surface area contributed by atoms with E-state index in [9.17, 15) is 14.7 Å². The summed E-state index contributed by atoms with van der Waals surface area (Å²) in [7, 11) is 1.63. The summed E-state index contributed by atoms with van der Waals surface area (Å²) in [5.74, 6) is 0.604. The Kier molecular flexibility index (Phi) is 7.14. The van der Waals surface area contributed by atoms with Crippen LogP contribution in [-0.4, -0.2) is 65.2 Å². The highest BCUT2D eigenvalue weighted by molar-refractivity contribution is 6.30. The Hall–Kier alpha value is -4.95. The number of carboxylic acid groups (broad SMARTS) is 1. The van der Waals surface area contributed by atoms with Crippen molar-refractivity contribution in [1.29, 1.82) is 0 Å². The topological polar surface area (TPSA) is 89.1 Å². The van der Waals surface area contributed by atoms with E-state index in [1.165, 1.54) is 4.90 Å². The summed E-state index contributed by atoms with van der Waals surface area (Å²) in [5.41, 5.74) is 7.36. The molecule has 0 saturated carbocycles. The minimum atomic E-state index is -0.871. The van der Waals surface area contributed by atoms with Crippen molar-refractivity contribution in [2.75, 3.05) is 38.2 Å². The number of carbonyl (C=O) groups is 2. The molecule has 2 aliphatic rings. The average Bonchev–Trinajstić information content (AvgIpc) is 3.62. The molecular weight excluding hydrogens is 576 g/mol. The van der Waals surface area contributed by atoms with Crippen molar-refractivity contribution in [3.63, 3.8) is 0 Å². The van der Waals surface area contributed by atoms with Crippen LogP contribution in [0.15, 0.2) is 91.0 Å². The van der Waals surface area contributed by atoms with Gasteiger partial charge in [-0.3, -0.25) is 4.79 Å². The fraction of sp³-hybridized carbons (Fsp3) is 0.200. The number of halogens is 1. The van der Waals surface area contributed by atoms with Crippen molar-refractivity contribution in [3.8, 4) is 16.9 Å². The van der Waals surface area contributed by atoms with Crippen LogP contribution >= 0.6 is 11.6 Å². The van der Waals surface area contributed by atoms with E-state index >= 15 is 0 Å². The van der Waals surface area contributed by atoms with Crippen molar-refractivity contribution in [2.45, 2.75) is 12.6 Å². The van der Waals surface area contributed by atoms with E-state index in [0.717, 1.165) is 44.5 Å². The van der Waals surface area contributed by atoms with E-state index in [1.807, 2.05) is 47.4 Å². The number of hydrogen-bond acceptors (Lipinski definition) is 4. The molecule has 2 N–H and O–H groups in total. The molecule has 2 aliphatic heterocycles. The Balaban J connectivity index is 1.19. The fourth-order valence-corrected chi connectivity index (χ4v) is 6.58. The summed E-state index contributed by atoms with van der Waals surface area (Å²) in [6.45, 7) is 2.74. The van der Waals surface area contributed by atoms with E-state index in [0.29, 0.717) is 49.1 Å². The van der Waals surface area contributed by atoms with Gasteiger partial charge in [0.2, 0.25) is 0 Å². The number of aromatic amines is 1. The summed E-state index contributed by atoms with van der Waals surface area (Å²) in [6.07, 6.45) is -0.871. The summed E-state index contributed by atoms with van der Waals surface area (Å²) >= 11 is 6.49. The lowest BCUT2D eigenvalue weighted by Crippen LogP contribution is -2.48. The van der Waals surface area contributed by atoms with E-state index < -0.39 is 12.1 Å². The number of H-pyrrole nitrogens is 1. The van der Waals surface area contributed by atoms with Crippen LogP contribution in [0.4, 0.5) is 10.5 Å². The standard InChI is InChI=1S/C35H31ClN4O4/c1-44-32-13-10-26(36)20-29(32)33(31-19-24-4-2-3-5-30(24)37-31)40-21-25-7-6-23(18-28(25)34(40)41)22-8-11-27(12-9-22)38-14-16-39(17-15-38)35(42)43/h2-13,18-20,33,37H,14-17,21H2,1H3,(H,42,43)/t33-/m1/s1. The highest BCUT2D eigenvalue weighted by Crippen LogP contribution is 2.42. The average molecular weight is 607 g/mol. The molecule has 1 saturated heterocycles. The Morgan fingerprint density at radius 1 is 0.909 bits per heavy atom. The van der Waals surface area contributed by atoms with Gasteiger partial charge in [0.15, 0.2) is 0 Å². The zero-order valence-corrected chi connectivity index (χ0v) is 24.9. The van der Waals surface area contributed by atoms with Crippen LogP contribution in [0.2, 0.25) is 5.02 Å². The SMILES string of the molecule is COc1ccc(Cl)cc1[C@H](c1cc2ccccc2[nH]1)N1Cc2ccc(-c3ccc(N4CCN(C(=O)O)CC4)cc3)cc2C1=O. The number of amides is 2. The number of piperazine rings is 1. The Labute approximate surface area is 260 Å². The number of benzene rings is 4. The van der Waals surface area contributed by atoms with Crippen LogP contribution in [0.5, 0.6) is 5.75 Å². The van der Waals surface area contributed by atoms with Crippen molar-refractivity contribution >= 4 is 40.2 Å². The van der Waals surface area contributed by atoms with Gasteiger partial charge in [0.1, 0.15) is 11.8 Å². The lowest BCUT2D eigenvalue weighted by Gasteiger charge is -2.34. The number of carbonyl (C=O) groups excluding carboxylic acids is 1. The normalized spacial score (nSPS) is 15.5. The maximum absolute atomic E-state index is 14.2. The first-order valence-electron chi connectivity index (χ1n) is 14.6. The number of anilines is 1. The molecule has 4 aromatic carbocycles. The first kappa shape index (κ1) is 27.9. The third-order valence-corrected chi connectivity index (χ3v) is 8.94. The van der Waals surface area contributed by atoms with E-state index in [4.69, 9.17) is 16.3 Å². The smallest absolute Gasteiger partial charge is 0.407 e. The van der Waals surface area contributed by atoms with E-state index in [-0.39, 0.29) is 5.91 Å². The van der Waals surface area contributed by atoms with Gasteiger partial charge >= 0.3 is 6.09 Å². The third-order valence-electron chi connectivity index (χ3n) is 8.70. The molecule has 1 atom stereocenters. The van der Waals surface area contributed by atoms with Crippen molar-refractivity contribution in [1.82, 2.24) is 14.8 Å². The van der Waals surface area contributed by atoms with Crippen LogP contribution in [0.3, 0.4) is 0 Å². The molecule has 0 radical (unpaired) electrons. The molecule has 1 aromatic heterocycles. The van der Waals surface area contributed by atoms with E-state index in [2.05, 4.69) is 52.3 Å². The summed E-state index contributed by atoms with van der Waals surface area (Å²) in [5, 5.41) is 10.9. The molecule has 0 bridgehead atoms. The number of fused-ring (bicyclic) bond motifs is 2. The van der Waals surface area contributed by atoms with Gasteiger partial charge in [0.05, 0.1) is 7.11 Å². The molecule has 2 amide bonds. The van der Waals surface area contributed by atoms with Gasteiger partial charge in [-0.25, -0.2) is 4.79 Å². The zero-order valence-electron chi connectivity index (χ0n) is 24.2. The van der Waals surface area contributed by atoms with Crippen molar-refractivity contribution in [3.05, 3.63) is 118 Å². The largest absolute Gasteiger partial charge is 0.496 e. The highest BCUT2D eigenvalue weighted by Gasteiger charge is 2.37. The lowest BCUT2D eigenvalue weighted by molar-refractivity contribution is 0.0726. The molecule has 44 heavy (non-hydrogen) atoms. The monoisotopic (exact) mass is 606 g/mol. The molecule has 0 unspecified atom stereocenters. The first-order chi connectivity index (χ1) is 21.4. The Morgan fingerprint density at radius 2 is 1.66 bits per heavy atom. The predicted octanol–water partition coefficient (Wildman–Crippen LogP) is 7.04.